The molecule has 0 unspecified atom stereocenters. The number of hydrogen-bond donors (Lipinski definition) is 1. The molecule has 0 atom stereocenters. The van der Waals surface area contributed by atoms with E-state index in [1.54, 1.807) is 0 Å². The maximum Gasteiger partial charge on any atom is 0.157 e. The van der Waals surface area contributed by atoms with Crippen molar-refractivity contribution in [2.45, 2.75) is 0 Å². The number of hydrogen-bond acceptors (Lipinski definition) is 3. The summed E-state index contributed by atoms with van der Waals surface area (Å²) < 4.78 is 5.68. The van der Waals surface area contributed by atoms with Gasteiger partial charge in [0, 0.05) is 10.9 Å². The Morgan fingerprint density at radius 3 is 2.39 bits per heavy atom. The van der Waals surface area contributed by atoms with Crippen LogP contribution in [0.25, 0.3) is 11.0 Å². The normalized spacial score (nSPS) is 11.9. The lowest BCUT2D eigenvalue weighted by atomic mass is 10.1. The van der Waals surface area contributed by atoms with Gasteiger partial charge in [0.15, 0.2) is 11.5 Å². The van der Waals surface area contributed by atoms with Gasteiger partial charge in [0.1, 0.15) is 5.58 Å². The largest absolute Gasteiger partial charge is 0.454 e. The molecule has 0 fully saturated rings. The molecular formula is C15H11NO2. The highest BCUT2D eigenvalue weighted by molar-refractivity contribution is 6.12. The summed E-state index contributed by atoms with van der Waals surface area (Å²) in [6.45, 7) is 0. The van der Waals surface area contributed by atoms with Gasteiger partial charge >= 0.3 is 0 Å². The van der Waals surface area contributed by atoms with Crippen molar-refractivity contribution in [2.24, 2.45) is 5.16 Å². The van der Waals surface area contributed by atoms with E-state index in [1.165, 1.54) is 0 Å². The quantitative estimate of drug-likeness (QED) is 0.420. The van der Waals surface area contributed by atoms with E-state index in [0.29, 0.717) is 11.5 Å². The van der Waals surface area contributed by atoms with Crippen LogP contribution >= 0.6 is 0 Å². The second-order valence-electron chi connectivity index (χ2n) is 3.96. The Labute approximate surface area is 104 Å². The first-order valence-electron chi connectivity index (χ1n) is 5.65. The van der Waals surface area contributed by atoms with Gasteiger partial charge in [-0.3, -0.25) is 0 Å². The maximum absolute atomic E-state index is 9.19. The second kappa shape index (κ2) is 4.37. The zero-order valence-electron chi connectivity index (χ0n) is 9.58. The van der Waals surface area contributed by atoms with Crippen molar-refractivity contribution in [1.29, 1.82) is 0 Å². The summed E-state index contributed by atoms with van der Waals surface area (Å²) >= 11 is 0. The second-order valence-corrected chi connectivity index (χ2v) is 3.96. The Kier molecular flexibility index (Phi) is 2.57. The fourth-order valence-corrected chi connectivity index (χ4v) is 1.94. The standard InChI is InChI=1S/C15H11NO2/c17-16-15(11-6-2-1-3-7-11)14-10-12-8-4-5-9-13(12)18-14/h1-10,17H/b16-15+. The van der Waals surface area contributed by atoms with E-state index >= 15 is 0 Å². The molecule has 0 aliphatic rings. The van der Waals surface area contributed by atoms with Gasteiger partial charge < -0.3 is 9.62 Å². The van der Waals surface area contributed by atoms with Gasteiger partial charge in [0.2, 0.25) is 0 Å². The molecule has 3 aromatic rings. The first-order valence-corrected chi connectivity index (χ1v) is 5.65. The topological polar surface area (TPSA) is 45.7 Å². The third kappa shape index (κ3) is 1.76. The van der Waals surface area contributed by atoms with Crippen LogP contribution in [0.5, 0.6) is 0 Å². The minimum absolute atomic E-state index is 0.437. The van der Waals surface area contributed by atoms with Crippen molar-refractivity contribution in [1.82, 2.24) is 0 Å². The molecule has 1 N–H and O–H groups in total. The van der Waals surface area contributed by atoms with E-state index in [0.717, 1.165) is 16.5 Å². The smallest absolute Gasteiger partial charge is 0.157 e. The number of oxime groups is 1. The van der Waals surface area contributed by atoms with Crippen LogP contribution < -0.4 is 0 Å². The summed E-state index contributed by atoms with van der Waals surface area (Å²) in [7, 11) is 0. The van der Waals surface area contributed by atoms with Gasteiger partial charge in [-0.15, -0.1) is 0 Å². The van der Waals surface area contributed by atoms with E-state index in [1.807, 2.05) is 60.7 Å². The fourth-order valence-electron chi connectivity index (χ4n) is 1.94. The molecule has 0 amide bonds. The van der Waals surface area contributed by atoms with Gasteiger partial charge in [-0.2, -0.15) is 0 Å². The Morgan fingerprint density at radius 2 is 1.67 bits per heavy atom. The lowest BCUT2D eigenvalue weighted by Gasteiger charge is -1.99. The van der Waals surface area contributed by atoms with Gasteiger partial charge in [-0.25, -0.2) is 0 Å². The first-order chi connectivity index (χ1) is 8.88. The third-order valence-electron chi connectivity index (χ3n) is 2.81. The molecule has 0 aliphatic heterocycles. The summed E-state index contributed by atoms with van der Waals surface area (Å²) in [5.74, 6) is 0.560. The molecule has 88 valence electrons. The Balaban J connectivity index is 2.13. The van der Waals surface area contributed by atoms with Crippen LogP contribution in [0.4, 0.5) is 0 Å². The van der Waals surface area contributed by atoms with Crippen LogP contribution in [0.2, 0.25) is 0 Å². The average Bonchev–Trinajstić information content (AvgIpc) is 2.84. The third-order valence-corrected chi connectivity index (χ3v) is 2.81. The van der Waals surface area contributed by atoms with Crippen molar-refractivity contribution in [3.8, 4) is 0 Å². The number of para-hydroxylation sites is 1. The van der Waals surface area contributed by atoms with Crippen LogP contribution in [0.3, 0.4) is 0 Å². The summed E-state index contributed by atoms with van der Waals surface area (Å²) in [4.78, 5) is 0. The SMILES string of the molecule is O/N=C(\c1ccccc1)c1cc2ccccc2o1. The summed E-state index contributed by atoms with van der Waals surface area (Å²) in [5.41, 5.74) is 2.04. The summed E-state index contributed by atoms with van der Waals surface area (Å²) in [6.07, 6.45) is 0. The Morgan fingerprint density at radius 1 is 0.944 bits per heavy atom. The molecule has 0 spiro atoms. The Bertz CT molecular complexity index is 666. The number of furan rings is 1. The molecule has 0 saturated carbocycles. The molecule has 0 saturated heterocycles. The monoisotopic (exact) mass is 237 g/mol. The van der Waals surface area contributed by atoms with Crippen molar-refractivity contribution < 1.29 is 9.62 Å². The van der Waals surface area contributed by atoms with Gasteiger partial charge in [0.25, 0.3) is 0 Å². The van der Waals surface area contributed by atoms with E-state index in [-0.39, 0.29) is 0 Å². The van der Waals surface area contributed by atoms with E-state index in [2.05, 4.69) is 5.16 Å². The predicted molar refractivity (Wildman–Crippen MR) is 70.1 cm³/mol. The van der Waals surface area contributed by atoms with E-state index < -0.39 is 0 Å². The minimum atomic E-state index is 0.437. The molecule has 0 aliphatic carbocycles. The van der Waals surface area contributed by atoms with Gasteiger partial charge in [0.05, 0.1) is 0 Å². The number of rotatable bonds is 2. The highest BCUT2D eigenvalue weighted by Gasteiger charge is 2.12. The number of fused-ring (bicyclic) bond motifs is 1. The van der Waals surface area contributed by atoms with Crippen LogP contribution in [0.15, 0.2) is 70.2 Å². The Hall–Kier alpha value is -2.55. The molecule has 3 rings (SSSR count). The van der Waals surface area contributed by atoms with Gasteiger partial charge in [-0.05, 0) is 12.1 Å². The molecule has 2 aromatic carbocycles. The molecule has 1 aromatic heterocycles. The van der Waals surface area contributed by atoms with E-state index in [9.17, 15) is 5.21 Å². The molecule has 18 heavy (non-hydrogen) atoms. The highest BCUT2D eigenvalue weighted by atomic mass is 16.4. The molecule has 3 nitrogen and oxygen atoms in total. The van der Waals surface area contributed by atoms with Crippen LogP contribution in [-0.2, 0) is 0 Å². The first kappa shape index (κ1) is 10.6. The van der Waals surface area contributed by atoms with Crippen LogP contribution in [0.1, 0.15) is 11.3 Å². The highest BCUT2D eigenvalue weighted by Crippen LogP contribution is 2.21. The summed E-state index contributed by atoms with van der Waals surface area (Å²) in [5, 5.41) is 13.5. The number of nitrogens with zero attached hydrogens (tertiary/aromatic N) is 1. The van der Waals surface area contributed by atoms with Crippen LogP contribution in [-0.4, -0.2) is 10.9 Å². The lowest BCUT2D eigenvalue weighted by Crippen LogP contribution is -2.01. The van der Waals surface area contributed by atoms with Crippen LogP contribution in [0, 0.1) is 0 Å². The van der Waals surface area contributed by atoms with E-state index in [4.69, 9.17) is 4.42 Å². The fraction of sp³-hybridized carbons (Fsp3) is 0. The molecule has 0 bridgehead atoms. The van der Waals surface area contributed by atoms with Crippen molar-refractivity contribution >= 4 is 16.7 Å². The average molecular weight is 237 g/mol. The molecule has 1 heterocycles. The minimum Gasteiger partial charge on any atom is -0.454 e. The zero-order valence-corrected chi connectivity index (χ0v) is 9.58. The molecule has 3 heteroatoms. The lowest BCUT2D eigenvalue weighted by molar-refractivity contribution is 0.318. The summed E-state index contributed by atoms with van der Waals surface area (Å²) in [6, 6.07) is 19.0. The van der Waals surface area contributed by atoms with Crippen molar-refractivity contribution in [3.63, 3.8) is 0 Å². The van der Waals surface area contributed by atoms with Crippen molar-refractivity contribution in [3.05, 3.63) is 72.0 Å². The van der Waals surface area contributed by atoms with Gasteiger partial charge in [-0.1, -0.05) is 53.7 Å². The molecular weight excluding hydrogens is 226 g/mol. The maximum atomic E-state index is 9.19. The molecule has 0 radical (unpaired) electrons. The predicted octanol–water partition coefficient (Wildman–Crippen LogP) is 3.66. The number of benzene rings is 2. The van der Waals surface area contributed by atoms with Crippen molar-refractivity contribution in [2.75, 3.05) is 0 Å². The zero-order chi connectivity index (χ0) is 12.4.